The molecule has 4 heterocycles. The summed E-state index contributed by atoms with van der Waals surface area (Å²) in [4.78, 5) is 63.7. The first-order valence-electron chi connectivity index (χ1n) is 15.1. The summed E-state index contributed by atoms with van der Waals surface area (Å²) in [5.41, 5.74) is 4.66. The first kappa shape index (κ1) is 27.7. The van der Waals surface area contributed by atoms with Crippen LogP contribution in [0.1, 0.15) is 58.1 Å². The van der Waals surface area contributed by atoms with Gasteiger partial charge in [-0.2, -0.15) is 0 Å². The highest BCUT2D eigenvalue weighted by Crippen LogP contribution is 2.41. The maximum atomic E-state index is 14.2. The molecule has 4 aliphatic rings. The predicted molar refractivity (Wildman–Crippen MR) is 156 cm³/mol. The van der Waals surface area contributed by atoms with Crippen LogP contribution in [0.3, 0.4) is 0 Å². The predicted octanol–water partition coefficient (Wildman–Crippen LogP) is 2.95. The smallest absolute Gasteiger partial charge is 0.252 e. The molecule has 2 saturated heterocycles. The highest BCUT2D eigenvalue weighted by molar-refractivity contribution is 6.09. The van der Waals surface area contributed by atoms with Crippen LogP contribution >= 0.6 is 0 Å². The van der Waals surface area contributed by atoms with Crippen molar-refractivity contribution in [1.82, 2.24) is 25.0 Å². The Morgan fingerprint density at radius 2 is 1.90 bits per heavy atom. The number of fused-ring (bicyclic) bond motifs is 3. The number of aromatic amines is 1. The fraction of sp³-hybridized carbons (Fsp3) is 0.562. The van der Waals surface area contributed by atoms with Crippen LogP contribution in [-0.4, -0.2) is 87.6 Å². The van der Waals surface area contributed by atoms with E-state index in [1.165, 1.54) is 15.8 Å². The van der Waals surface area contributed by atoms with Crippen LogP contribution in [0.25, 0.3) is 16.5 Å². The molecule has 6 atom stereocenters. The van der Waals surface area contributed by atoms with E-state index in [9.17, 15) is 19.2 Å². The van der Waals surface area contributed by atoms with Crippen molar-refractivity contribution in [2.45, 2.75) is 77.5 Å². The second kappa shape index (κ2) is 10.4. The van der Waals surface area contributed by atoms with Crippen LogP contribution in [0.5, 0.6) is 0 Å². The second-order valence-electron chi connectivity index (χ2n) is 12.7. The van der Waals surface area contributed by atoms with Crippen molar-refractivity contribution in [3.8, 4) is 0 Å². The molecule has 9 nitrogen and oxygen atoms in total. The molecule has 41 heavy (non-hydrogen) atoms. The molecule has 6 unspecified atom stereocenters. The quantitative estimate of drug-likeness (QED) is 0.566. The van der Waals surface area contributed by atoms with E-state index >= 15 is 0 Å². The first-order valence-corrected chi connectivity index (χ1v) is 15.1. The number of rotatable bonds is 6. The van der Waals surface area contributed by atoms with Crippen LogP contribution in [0, 0.1) is 17.8 Å². The molecule has 3 aliphatic heterocycles. The van der Waals surface area contributed by atoms with Crippen LogP contribution < -0.4 is 5.32 Å². The minimum absolute atomic E-state index is 0.149. The second-order valence-corrected chi connectivity index (χ2v) is 12.7. The van der Waals surface area contributed by atoms with Crippen LogP contribution in [0.2, 0.25) is 0 Å². The van der Waals surface area contributed by atoms with Crippen molar-refractivity contribution in [1.29, 1.82) is 0 Å². The van der Waals surface area contributed by atoms with Gasteiger partial charge in [-0.1, -0.05) is 52.3 Å². The van der Waals surface area contributed by atoms with Crippen molar-refractivity contribution < 1.29 is 19.2 Å². The van der Waals surface area contributed by atoms with Crippen LogP contribution in [0.15, 0.2) is 30.5 Å². The minimum atomic E-state index is -0.911. The topological polar surface area (TPSA) is 106 Å². The number of nitrogens with one attached hydrogen (secondary N) is 2. The van der Waals surface area contributed by atoms with Gasteiger partial charge in [0, 0.05) is 36.2 Å². The molecule has 0 bridgehead atoms. The number of nitrogens with zero attached hydrogens (tertiary/aromatic N) is 3. The molecule has 2 aromatic rings. The molecule has 0 radical (unpaired) electrons. The number of piperazine rings is 1. The van der Waals surface area contributed by atoms with E-state index in [-0.39, 0.29) is 35.6 Å². The van der Waals surface area contributed by atoms with Gasteiger partial charge in [0.2, 0.25) is 11.8 Å². The maximum Gasteiger partial charge on any atom is 0.252 e. The van der Waals surface area contributed by atoms with E-state index in [0.29, 0.717) is 25.9 Å². The van der Waals surface area contributed by atoms with Crippen LogP contribution in [-0.2, 0) is 25.6 Å². The number of hydrogen-bond acceptors (Lipinski definition) is 5. The Balaban J connectivity index is 1.29. The van der Waals surface area contributed by atoms with E-state index in [2.05, 4.69) is 39.6 Å². The molecule has 0 spiro atoms. The number of H-pyrrole nitrogens is 1. The number of benzene rings is 1. The van der Waals surface area contributed by atoms with Gasteiger partial charge in [0.25, 0.3) is 11.8 Å². The number of aromatic nitrogens is 1. The molecule has 218 valence electrons. The Morgan fingerprint density at radius 1 is 1.12 bits per heavy atom. The zero-order valence-corrected chi connectivity index (χ0v) is 24.6. The van der Waals surface area contributed by atoms with Crippen molar-refractivity contribution in [3.05, 3.63) is 41.6 Å². The zero-order chi connectivity index (χ0) is 29.2. The summed E-state index contributed by atoms with van der Waals surface area (Å²) in [5.74, 6) is -2.06. The molecule has 0 saturated carbocycles. The van der Waals surface area contributed by atoms with Crippen molar-refractivity contribution in [2.75, 3.05) is 20.1 Å². The fourth-order valence-electron chi connectivity index (χ4n) is 7.37. The number of likely N-dealkylation sites (N-methyl/N-ethyl adjacent to an activating group) is 1. The van der Waals surface area contributed by atoms with Gasteiger partial charge >= 0.3 is 0 Å². The number of carbonyl (C=O) groups excluding carboxylic acids is 4. The first-order chi connectivity index (χ1) is 19.6. The lowest BCUT2D eigenvalue weighted by Gasteiger charge is -2.45. The average molecular weight is 560 g/mol. The molecule has 2 N–H and O–H groups in total. The fourth-order valence-corrected chi connectivity index (χ4v) is 7.37. The van der Waals surface area contributed by atoms with E-state index in [1.54, 1.807) is 4.90 Å². The van der Waals surface area contributed by atoms with E-state index in [4.69, 9.17) is 0 Å². The summed E-state index contributed by atoms with van der Waals surface area (Å²) in [6.07, 6.45) is 7.01. The summed E-state index contributed by atoms with van der Waals surface area (Å²) < 4.78 is 0. The lowest BCUT2D eigenvalue weighted by atomic mass is 9.79. The van der Waals surface area contributed by atoms with E-state index < -0.39 is 30.0 Å². The average Bonchev–Trinajstić information content (AvgIpc) is 3.62. The lowest BCUT2D eigenvalue weighted by molar-refractivity contribution is -0.169. The number of imide groups is 1. The normalized spacial score (nSPS) is 27.5. The summed E-state index contributed by atoms with van der Waals surface area (Å²) in [6.45, 7) is 8.70. The molecular formula is C32H41N5O4. The van der Waals surface area contributed by atoms with Crippen molar-refractivity contribution in [2.24, 2.45) is 17.8 Å². The van der Waals surface area contributed by atoms with Gasteiger partial charge in [-0.05, 0) is 60.9 Å². The maximum absolute atomic E-state index is 14.2. The molecule has 1 aromatic carbocycles. The van der Waals surface area contributed by atoms with Gasteiger partial charge in [-0.25, -0.2) is 0 Å². The Morgan fingerprint density at radius 3 is 2.63 bits per heavy atom. The Labute approximate surface area is 241 Å². The molecule has 6 rings (SSSR count). The molecule has 1 aromatic heterocycles. The molecule has 4 amide bonds. The van der Waals surface area contributed by atoms with Gasteiger partial charge in [-0.3, -0.25) is 29.0 Å². The van der Waals surface area contributed by atoms with Gasteiger partial charge in [-0.15, -0.1) is 0 Å². The van der Waals surface area contributed by atoms with E-state index in [1.807, 2.05) is 40.8 Å². The third-order valence-electron chi connectivity index (χ3n) is 9.85. The standard InChI is InChI=1S/C32H41N5O4/c1-6-18(4)28-32(41)36-12-8-11-24(36)30(39)37(28)31(40)27(17(2)3)34-29(38)20-13-22-21-9-7-10-23-26(21)19(15-33-23)14-25(22)35(5)16-20/h7,9-10,13,15,17-18,20,24-25,27-28,33H,6,8,11-12,14,16H2,1-5H3,(H,34,38). The number of hydrogen-bond donors (Lipinski definition) is 2. The van der Waals surface area contributed by atoms with Crippen molar-refractivity contribution in [3.63, 3.8) is 0 Å². The third-order valence-corrected chi connectivity index (χ3v) is 9.85. The SMILES string of the molecule is CCC(C)C1C(=O)N2CCCC2C(=O)N1C(=O)C(NC(=O)C1C=C2c3cccc4[nH]cc(c34)CC2N(C)C1)C(C)C. The molecule has 9 heteroatoms. The third kappa shape index (κ3) is 4.40. The largest absolute Gasteiger partial charge is 0.361 e. The number of amides is 4. The highest BCUT2D eigenvalue weighted by atomic mass is 16.2. The summed E-state index contributed by atoms with van der Waals surface area (Å²) in [7, 11) is 2.04. The number of carbonyl (C=O) groups is 4. The van der Waals surface area contributed by atoms with Gasteiger partial charge in [0.05, 0.1) is 5.92 Å². The summed E-state index contributed by atoms with van der Waals surface area (Å²) in [6, 6.07) is 4.07. The Bertz CT molecular complexity index is 1440. The highest BCUT2D eigenvalue weighted by Gasteiger charge is 2.53. The van der Waals surface area contributed by atoms with Gasteiger partial charge in [0.15, 0.2) is 0 Å². The Kier molecular flexibility index (Phi) is 7.04. The van der Waals surface area contributed by atoms with Crippen molar-refractivity contribution >= 4 is 40.1 Å². The minimum Gasteiger partial charge on any atom is -0.361 e. The molecule has 1 aliphatic carbocycles. The molecular weight excluding hydrogens is 518 g/mol. The summed E-state index contributed by atoms with van der Waals surface area (Å²) >= 11 is 0. The van der Waals surface area contributed by atoms with Gasteiger partial charge < -0.3 is 15.2 Å². The Hall–Kier alpha value is -3.46. The van der Waals surface area contributed by atoms with Crippen LogP contribution in [0.4, 0.5) is 0 Å². The lowest BCUT2D eigenvalue weighted by Crippen LogP contribution is -2.68. The zero-order valence-electron chi connectivity index (χ0n) is 24.6. The van der Waals surface area contributed by atoms with E-state index in [0.717, 1.165) is 29.5 Å². The monoisotopic (exact) mass is 559 g/mol. The van der Waals surface area contributed by atoms with Gasteiger partial charge in [0.1, 0.15) is 18.1 Å². The molecule has 2 fully saturated rings. The summed E-state index contributed by atoms with van der Waals surface area (Å²) in [5, 5.41) is 4.24.